The molecule has 0 atom stereocenters. The zero-order valence-corrected chi connectivity index (χ0v) is 26.1. The Morgan fingerprint density at radius 3 is 1.20 bits per heavy atom. The average Bonchev–Trinajstić information content (AvgIpc) is 3.65. The summed E-state index contributed by atoms with van der Waals surface area (Å²) < 4.78 is 45.5. The standard InChI is InChI=1S/C43H28F3N3/c44-43(45,46)29-19-21-32(22-20-29)47(33-23-25-41-37(27-33)35-15-7-9-17-39(35)48(41)30-11-3-1-4-12-30)34-24-26-42-38(28-34)36-16-8-10-18-40(36)49(42)31-13-5-2-6-14-31/h1-28H. The molecular weight excluding hydrogens is 615 g/mol. The second-order valence-corrected chi connectivity index (χ2v) is 12.2. The molecular formula is C43H28F3N3. The van der Waals surface area contributed by atoms with Gasteiger partial charge in [-0.15, -0.1) is 0 Å². The number of hydrogen-bond acceptors (Lipinski definition) is 1. The van der Waals surface area contributed by atoms with Gasteiger partial charge in [0.15, 0.2) is 0 Å². The van der Waals surface area contributed by atoms with Crippen molar-refractivity contribution in [3.8, 4) is 11.4 Å². The van der Waals surface area contributed by atoms with E-state index in [9.17, 15) is 13.2 Å². The Labute approximate surface area is 280 Å². The molecule has 0 aliphatic rings. The summed E-state index contributed by atoms with van der Waals surface area (Å²) in [5, 5.41) is 4.29. The predicted octanol–water partition coefficient (Wildman–Crippen LogP) is 12.4. The number of para-hydroxylation sites is 4. The summed E-state index contributed by atoms with van der Waals surface area (Å²) in [5.74, 6) is 0. The van der Waals surface area contributed by atoms with Crippen LogP contribution in [0.25, 0.3) is 55.0 Å². The van der Waals surface area contributed by atoms with E-state index in [0.29, 0.717) is 5.69 Å². The lowest BCUT2D eigenvalue weighted by Crippen LogP contribution is -2.11. The lowest BCUT2D eigenvalue weighted by Gasteiger charge is -2.26. The fraction of sp³-hybridized carbons (Fsp3) is 0.0233. The lowest BCUT2D eigenvalue weighted by atomic mass is 10.1. The van der Waals surface area contributed by atoms with Crippen molar-refractivity contribution in [2.24, 2.45) is 0 Å². The van der Waals surface area contributed by atoms with Gasteiger partial charge in [0.2, 0.25) is 0 Å². The highest BCUT2D eigenvalue weighted by Crippen LogP contribution is 2.43. The summed E-state index contributed by atoms with van der Waals surface area (Å²) in [5.41, 5.74) is 8.00. The molecule has 0 N–H and O–H groups in total. The van der Waals surface area contributed by atoms with Crippen LogP contribution in [0.2, 0.25) is 0 Å². The number of alkyl halides is 3. The summed E-state index contributed by atoms with van der Waals surface area (Å²) in [6.45, 7) is 0. The maximum absolute atomic E-state index is 13.7. The number of hydrogen-bond donors (Lipinski definition) is 0. The second-order valence-electron chi connectivity index (χ2n) is 12.2. The van der Waals surface area contributed by atoms with Crippen LogP contribution in [0.4, 0.5) is 30.2 Å². The highest BCUT2D eigenvalue weighted by Gasteiger charge is 2.30. The van der Waals surface area contributed by atoms with Gasteiger partial charge < -0.3 is 14.0 Å². The van der Waals surface area contributed by atoms with E-state index in [1.165, 1.54) is 0 Å². The molecule has 7 aromatic carbocycles. The van der Waals surface area contributed by atoms with Crippen molar-refractivity contribution in [2.45, 2.75) is 6.18 Å². The Hall–Kier alpha value is -6.27. The molecule has 0 radical (unpaired) electrons. The summed E-state index contributed by atoms with van der Waals surface area (Å²) in [6, 6.07) is 55.1. The Morgan fingerprint density at radius 1 is 0.367 bits per heavy atom. The van der Waals surface area contributed by atoms with E-state index in [0.717, 1.165) is 78.5 Å². The van der Waals surface area contributed by atoms with Crippen LogP contribution in [0.5, 0.6) is 0 Å². The smallest absolute Gasteiger partial charge is 0.310 e. The van der Waals surface area contributed by atoms with E-state index in [-0.39, 0.29) is 0 Å². The number of rotatable bonds is 5. The molecule has 3 nitrogen and oxygen atoms in total. The Kier molecular flexibility index (Phi) is 6.59. The second kappa shape index (κ2) is 11.2. The van der Waals surface area contributed by atoms with Crippen molar-refractivity contribution in [3.63, 3.8) is 0 Å². The van der Waals surface area contributed by atoms with Gasteiger partial charge in [0.05, 0.1) is 27.6 Å². The van der Waals surface area contributed by atoms with E-state index < -0.39 is 11.7 Å². The first-order valence-electron chi connectivity index (χ1n) is 16.1. The highest BCUT2D eigenvalue weighted by molar-refractivity contribution is 6.12. The zero-order chi connectivity index (χ0) is 33.1. The molecule has 0 amide bonds. The van der Waals surface area contributed by atoms with E-state index in [1.54, 1.807) is 12.1 Å². The quantitative estimate of drug-likeness (QED) is 0.182. The largest absolute Gasteiger partial charge is 0.416 e. The van der Waals surface area contributed by atoms with Crippen LogP contribution in [0, 0.1) is 0 Å². The molecule has 49 heavy (non-hydrogen) atoms. The van der Waals surface area contributed by atoms with Crippen LogP contribution in [0.1, 0.15) is 5.56 Å². The lowest BCUT2D eigenvalue weighted by molar-refractivity contribution is -0.137. The molecule has 236 valence electrons. The minimum Gasteiger partial charge on any atom is -0.310 e. The van der Waals surface area contributed by atoms with Gasteiger partial charge in [-0.25, -0.2) is 0 Å². The summed E-state index contributed by atoms with van der Waals surface area (Å²) in [6.07, 6.45) is -4.43. The number of halogens is 3. The van der Waals surface area contributed by atoms with Crippen molar-refractivity contribution in [1.29, 1.82) is 0 Å². The van der Waals surface area contributed by atoms with E-state index in [4.69, 9.17) is 0 Å². The van der Waals surface area contributed by atoms with Crippen LogP contribution < -0.4 is 4.90 Å². The Morgan fingerprint density at radius 2 is 0.755 bits per heavy atom. The fourth-order valence-electron chi connectivity index (χ4n) is 7.16. The van der Waals surface area contributed by atoms with Gasteiger partial charge in [0.1, 0.15) is 0 Å². The Balaban J connectivity index is 1.29. The monoisotopic (exact) mass is 643 g/mol. The molecule has 0 unspecified atom stereocenters. The molecule has 9 rings (SSSR count). The number of aromatic nitrogens is 2. The topological polar surface area (TPSA) is 13.1 Å². The van der Waals surface area contributed by atoms with Crippen LogP contribution >= 0.6 is 0 Å². The molecule has 2 heterocycles. The van der Waals surface area contributed by atoms with Crippen LogP contribution in [0.3, 0.4) is 0 Å². The van der Waals surface area contributed by atoms with Gasteiger partial charge >= 0.3 is 6.18 Å². The first-order chi connectivity index (χ1) is 24.0. The molecule has 0 fully saturated rings. The van der Waals surface area contributed by atoms with E-state index in [2.05, 4.69) is 94.1 Å². The number of fused-ring (bicyclic) bond motifs is 6. The third-order valence-electron chi connectivity index (χ3n) is 9.31. The predicted molar refractivity (Wildman–Crippen MR) is 195 cm³/mol. The van der Waals surface area contributed by atoms with Gasteiger partial charge in [-0.05, 0) is 97.1 Å². The minimum absolute atomic E-state index is 0.630. The first kappa shape index (κ1) is 28.9. The van der Waals surface area contributed by atoms with Gasteiger partial charge in [-0.1, -0.05) is 72.8 Å². The van der Waals surface area contributed by atoms with E-state index >= 15 is 0 Å². The molecule has 2 aromatic heterocycles. The van der Waals surface area contributed by atoms with Crippen molar-refractivity contribution in [2.75, 3.05) is 4.90 Å². The molecule has 6 heteroatoms. The van der Waals surface area contributed by atoms with Gasteiger partial charge in [-0.3, -0.25) is 0 Å². The van der Waals surface area contributed by atoms with Gasteiger partial charge in [0.25, 0.3) is 0 Å². The SMILES string of the molecule is FC(F)(F)c1ccc(N(c2ccc3c(c2)c2ccccc2n3-c2ccccc2)c2ccc3c(c2)c2ccccc2n3-c2ccccc2)cc1. The minimum atomic E-state index is -4.43. The van der Waals surface area contributed by atoms with Gasteiger partial charge in [0, 0.05) is 50.0 Å². The normalized spacial score (nSPS) is 12.0. The third kappa shape index (κ3) is 4.75. The Bertz CT molecular complexity index is 2480. The molecule has 0 aliphatic heterocycles. The molecule has 0 bridgehead atoms. The zero-order valence-electron chi connectivity index (χ0n) is 26.1. The fourth-order valence-corrected chi connectivity index (χ4v) is 7.16. The summed E-state index contributed by atoms with van der Waals surface area (Å²) in [4.78, 5) is 2.04. The van der Waals surface area contributed by atoms with Crippen molar-refractivity contribution in [3.05, 3.63) is 175 Å². The number of nitrogens with zero attached hydrogens (tertiary/aromatic N) is 3. The average molecular weight is 644 g/mol. The van der Waals surface area contributed by atoms with Crippen molar-refractivity contribution < 1.29 is 13.2 Å². The number of anilines is 3. The van der Waals surface area contributed by atoms with Crippen LogP contribution in [0.15, 0.2) is 170 Å². The van der Waals surface area contributed by atoms with E-state index in [1.807, 2.05) is 65.6 Å². The molecule has 0 saturated carbocycles. The van der Waals surface area contributed by atoms with Crippen LogP contribution in [-0.2, 0) is 6.18 Å². The summed E-state index contributed by atoms with van der Waals surface area (Å²) in [7, 11) is 0. The van der Waals surface area contributed by atoms with Gasteiger partial charge in [-0.2, -0.15) is 13.2 Å². The highest BCUT2D eigenvalue weighted by atomic mass is 19.4. The maximum atomic E-state index is 13.7. The maximum Gasteiger partial charge on any atom is 0.416 e. The third-order valence-corrected chi connectivity index (χ3v) is 9.31. The molecule has 0 spiro atoms. The first-order valence-corrected chi connectivity index (χ1v) is 16.1. The number of benzene rings is 7. The molecule has 0 aliphatic carbocycles. The van der Waals surface area contributed by atoms with Crippen LogP contribution in [-0.4, -0.2) is 9.13 Å². The summed E-state index contributed by atoms with van der Waals surface area (Å²) >= 11 is 0. The van der Waals surface area contributed by atoms with Crippen molar-refractivity contribution in [1.82, 2.24) is 9.13 Å². The van der Waals surface area contributed by atoms with Crippen molar-refractivity contribution >= 4 is 60.7 Å². The molecule has 0 saturated heterocycles. The molecule has 9 aromatic rings.